The molecule has 0 saturated heterocycles. The average molecular weight is 368 g/mol. The summed E-state index contributed by atoms with van der Waals surface area (Å²) >= 11 is 0. The number of halogens is 3. The van der Waals surface area contributed by atoms with E-state index in [0.717, 1.165) is 16.2 Å². The monoisotopic (exact) mass is 368 g/mol. The van der Waals surface area contributed by atoms with Gasteiger partial charge in [0.15, 0.2) is 0 Å². The Balaban J connectivity index is 1.93. The number of pyridine rings is 1. The zero-order chi connectivity index (χ0) is 19.3. The van der Waals surface area contributed by atoms with Gasteiger partial charge in [0, 0.05) is 19.3 Å². The molecule has 26 heavy (non-hydrogen) atoms. The van der Waals surface area contributed by atoms with Crippen LogP contribution in [0.4, 0.5) is 13.2 Å². The van der Waals surface area contributed by atoms with Gasteiger partial charge >= 0.3 is 6.18 Å². The summed E-state index contributed by atoms with van der Waals surface area (Å²) in [6, 6.07) is 8.91. The molecule has 0 aliphatic heterocycles. The molecule has 1 aromatic carbocycles. The summed E-state index contributed by atoms with van der Waals surface area (Å²) < 4.78 is 44.5. The summed E-state index contributed by atoms with van der Waals surface area (Å²) in [7, 11) is 1.50. The Morgan fingerprint density at radius 2 is 1.96 bits per heavy atom. The number of aryl methyl sites for hydroxylation is 1. The number of carbonyl (C=O) groups excluding carboxylic acids is 1. The first-order valence-corrected chi connectivity index (χ1v) is 7.88. The molecule has 8 heteroatoms. The third-order valence-electron chi connectivity index (χ3n) is 3.73. The minimum absolute atomic E-state index is 0.225. The van der Waals surface area contributed by atoms with E-state index in [9.17, 15) is 22.8 Å². The largest absolute Gasteiger partial charge is 0.492 e. The summed E-state index contributed by atoms with van der Waals surface area (Å²) in [4.78, 5) is 25.1. The van der Waals surface area contributed by atoms with Crippen LogP contribution >= 0.6 is 0 Å². The van der Waals surface area contributed by atoms with Crippen LogP contribution < -0.4 is 10.3 Å². The van der Waals surface area contributed by atoms with Crippen LogP contribution in [0.1, 0.15) is 11.1 Å². The van der Waals surface area contributed by atoms with Gasteiger partial charge in [-0.2, -0.15) is 13.2 Å². The molecule has 0 unspecified atom stereocenters. The van der Waals surface area contributed by atoms with Gasteiger partial charge in [-0.25, -0.2) is 0 Å². The molecule has 0 saturated carbocycles. The summed E-state index contributed by atoms with van der Waals surface area (Å²) in [5.74, 6) is 0.180. The minimum atomic E-state index is -4.58. The third-order valence-corrected chi connectivity index (χ3v) is 3.73. The van der Waals surface area contributed by atoms with Crippen LogP contribution in [-0.2, 0) is 17.5 Å². The van der Waals surface area contributed by atoms with E-state index < -0.39 is 29.8 Å². The highest BCUT2D eigenvalue weighted by Crippen LogP contribution is 2.28. The Kier molecular flexibility index (Phi) is 6.07. The van der Waals surface area contributed by atoms with Crippen molar-refractivity contribution in [3.63, 3.8) is 0 Å². The summed E-state index contributed by atoms with van der Waals surface area (Å²) in [6.45, 7) is 1.92. The normalized spacial score (nSPS) is 11.3. The summed E-state index contributed by atoms with van der Waals surface area (Å²) in [6.07, 6.45) is -3.93. The number of likely N-dealkylation sites (N-methyl/N-ethyl adjacent to an activating group) is 1. The fourth-order valence-electron chi connectivity index (χ4n) is 2.22. The maximum absolute atomic E-state index is 12.7. The minimum Gasteiger partial charge on any atom is -0.492 e. The second-order valence-electron chi connectivity index (χ2n) is 5.86. The highest BCUT2D eigenvalue weighted by molar-refractivity contribution is 5.75. The van der Waals surface area contributed by atoms with E-state index in [2.05, 4.69) is 0 Å². The lowest BCUT2D eigenvalue weighted by Crippen LogP contribution is -2.36. The number of benzene rings is 1. The van der Waals surface area contributed by atoms with E-state index in [1.807, 2.05) is 25.1 Å². The number of alkyl halides is 3. The topological polar surface area (TPSA) is 51.5 Å². The molecule has 1 amide bonds. The van der Waals surface area contributed by atoms with Crippen molar-refractivity contribution < 1.29 is 22.7 Å². The van der Waals surface area contributed by atoms with Crippen LogP contribution in [0.3, 0.4) is 0 Å². The maximum atomic E-state index is 12.7. The number of amides is 1. The molecule has 0 fully saturated rings. The van der Waals surface area contributed by atoms with E-state index in [-0.39, 0.29) is 13.2 Å². The molecule has 140 valence electrons. The molecular formula is C18H19F3N2O3. The number of nitrogens with zero attached hydrogens (tertiary/aromatic N) is 2. The van der Waals surface area contributed by atoms with Gasteiger partial charge in [-0.05, 0) is 30.7 Å². The van der Waals surface area contributed by atoms with Crippen molar-refractivity contribution in [2.24, 2.45) is 0 Å². The molecule has 1 heterocycles. The molecule has 0 N–H and O–H groups in total. The first-order chi connectivity index (χ1) is 12.2. The molecule has 0 bridgehead atoms. The van der Waals surface area contributed by atoms with Crippen molar-refractivity contribution in [1.82, 2.24) is 9.47 Å². The summed E-state index contributed by atoms with van der Waals surface area (Å²) in [5, 5.41) is 0. The SMILES string of the molecule is Cc1cccc(OCCN(C)C(=O)Cn2cc(C(F)(F)F)ccc2=O)c1. The lowest BCUT2D eigenvalue weighted by molar-refractivity contribution is -0.138. The fourth-order valence-corrected chi connectivity index (χ4v) is 2.22. The van der Waals surface area contributed by atoms with E-state index in [4.69, 9.17) is 4.74 Å². The Labute approximate surface area is 148 Å². The molecule has 0 aliphatic rings. The first kappa shape index (κ1) is 19.6. The highest BCUT2D eigenvalue weighted by atomic mass is 19.4. The number of rotatable bonds is 6. The van der Waals surface area contributed by atoms with E-state index in [1.54, 1.807) is 6.07 Å². The standard InChI is InChI=1S/C18H19F3N2O3/c1-13-4-3-5-15(10-13)26-9-8-22(2)17(25)12-23-11-14(18(19,20)21)6-7-16(23)24/h3-7,10-11H,8-9,12H2,1-2H3. The van der Waals surface area contributed by atoms with Crippen molar-refractivity contribution in [2.75, 3.05) is 20.2 Å². The predicted octanol–water partition coefficient (Wildman–Crippen LogP) is 2.71. The van der Waals surface area contributed by atoms with Crippen LogP contribution in [0.5, 0.6) is 5.75 Å². The van der Waals surface area contributed by atoms with Gasteiger partial charge in [-0.1, -0.05) is 12.1 Å². The van der Waals surface area contributed by atoms with Crippen LogP contribution in [0, 0.1) is 6.92 Å². The lowest BCUT2D eigenvalue weighted by atomic mass is 10.2. The third kappa shape index (κ3) is 5.37. The Hall–Kier alpha value is -2.77. The van der Waals surface area contributed by atoms with Gasteiger partial charge in [-0.15, -0.1) is 0 Å². The molecule has 1 aromatic heterocycles. The maximum Gasteiger partial charge on any atom is 0.417 e. The van der Waals surface area contributed by atoms with Crippen LogP contribution in [0.15, 0.2) is 47.4 Å². The molecule has 0 radical (unpaired) electrons. The number of aromatic nitrogens is 1. The first-order valence-electron chi connectivity index (χ1n) is 7.88. The zero-order valence-electron chi connectivity index (χ0n) is 14.4. The Bertz CT molecular complexity index is 831. The second kappa shape index (κ2) is 8.07. The van der Waals surface area contributed by atoms with E-state index in [0.29, 0.717) is 18.0 Å². The summed E-state index contributed by atoms with van der Waals surface area (Å²) in [5.41, 5.74) is -0.609. The van der Waals surface area contributed by atoms with Crippen molar-refractivity contribution in [1.29, 1.82) is 0 Å². The number of hydrogen-bond donors (Lipinski definition) is 0. The number of carbonyl (C=O) groups is 1. The number of hydrogen-bond acceptors (Lipinski definition) is 3. The average Bonchev–Trinajstić information content (AvgIpc) is 2.55. The second-order valence-corrected chi connectivity index (χ2v) is 5.86. The molecule has 0 spiro atoms. The van der Waals surface area contributed by atoms with Crippen LogP contribution in [0.2, 0.25) is 0 Å². The lowest BCUT2D eigenvalue weighted by Gasteiger charge is -2.18. The van der Waals surface area contributed by atoms with Gasteiger partial charge in [0.25, 0.3) is 5.56 Å². The highest BCUT2D eigenvalue weighted by Gasteiger charge is 2.31. The molecular weight excluding hydrogens is 349 g/mol. The van der Waals surface area contributed by atoms with Gasteiger partial charge in [0.05, 0.1) is 12.1 Å². The van der Waals surface area contributed by atoms with Gasteiger partial charge in [0.2, 0.25) is 5.91 Å². The van der Waals surface area contributed by atoms with Crippen LogP contribution in [0.25, 0.3) is 0 Å². The molecule has 0 aliphatic carbocycles. The van der Waals surface area contributed by atoms with Gasteiger partial charge < -0.3 is 14.2 Å². The van der Waals surface area contributed by atoms with Gasteiger partial charge in [0.1, 0.15) is 18.9 Å². The van der Waals surface area contributed by atoms with Crippen LogP contribution in [-0.4, -0.2) is 35.6 Å². The molecule has 2 rings (SSSR count). The molecule has 5 nitrogen and oxygen atoms in total. The van der Waals surface area contributed by atoms with Crippen molar-refractivity contribution in [3.8, 4) is 5.75 Å². The van der Waals surface area contributed by atoms with Crippen molar-refractivity contribution >= 4 is 5.91 Å². The molecule has 2 aromatic rings. The predicted molar refractivity (Wildman–Crippen MR) is 90.0 cm³/mol. The molecule has 0 atom stereocenters. The Morgan fingerprint density at radius 1 is 1.23 bits per heavy atom. The van der Waals surface area contributed by atoms with E-state index >= 15 is 0 Å². The van der Waals surface area contributed by atoms with Gasteiger partial charge in [-0.3, -0.25) is 9.59 Å². The fraction of sp³-hybridized carbons (Fsp3) is 0.333. The quantitative estimate of drug-likeness (QED) is 0.788. The van der Waals surface area contributed by atoms with Crippen molar-refractivity contribution in [3.05, 3.63) is 64.1 Å². The number of ether oxygens (including phenoxy) is 1. The van der Waals surface area contributed by atoms with Crippen molar-refractivity contribution in [2.45, 2.75) is 19.6 Å². The smallest absolute Gasteiger partial charge is 0.417 e. The van der Waals surface area contributed by atoms with E-state index in [1.165, 1.54) is 11.9 Å². The zero-order valence-corrected chi connectivity index (χ0v) is 14.4. The Morgan fingerprint density at radius 3 is 2.62 bits per heavy atom.